The van der Waals surface area contributed by atoms with E-state index < -0.39 is 35.1 Å². The summed E-state index contributed by atoms with van der Waals surface area (Å²) in [7, 11) is 1.22. The van der Waals surface area contributed by atoms with Crippen LogP contribution in [0.1, 0.15) is 15.9 Å². The number of amides is 3. The Morgan fingerprint density at radius 1 is 1.07 bits per heavy atom. The lowest BCUT2D eigenvalue weighted by molar-refractivity contribution is -0.145. The highest BCUT2D eigenvalue weighted by Gasteiger charge is 2.19. The number of rotatable bonds is 6. The van der Waals surface area contributed by atoms with Crippen molar-refractivity contribution < 1.29 is 32.7 Å². The van der Waals surface area contributed by atoms with Crippen LogP contribution in [0.25, 0.3) is 0 Å². The van der Waals surface area contributed by atoms with Crippen LogP contribution in [0.4, 0.5) is 19.3 Å². The summed E-state index contributed by atoms with van der Waals surface area (Å²) in [6.45, 7) is -0.330. The van der Waals surface area contributed by atoms with Crippen molar-refractivity contribution >= 4 is 29.8 Å². The normalized spacial score (nSPS) is 10.4. The molecule has 0 aliphatic rings. The molecule has 0 aliphatic heterocycles. The summed E-state index contributed by atoms with van der Waals surface area (Å²) >= 11 is 0. The van der Waals surface area contributed by atoms with Gasteiger partial charge in [-0.25, -0.2) is 18.4 Å². The third-order valence-corrected chi connectivity index (χ3v) is 3.27. The zero-order valence-electron chi connectivity index (χ0n) is 14.6. The number of esters is 1. The minimum absolute atomic E-state index is 0.312. The number of carbonyl (C=O) groups is 3. The van der Waals surface area contributed by atoms with E-state index in [1.165, 1.54) is 25.5 Å². The molecule has 2 aromatic rings. The average Bonchev–Trinajstić information content (AvgIpc) is 2.66. The number of nitrogens with zero attached hydrogens (tertiary/aromatic N) is 1. The first kappa shape index (κ1) is 20.5. The van der Waals surface area contributed by atoms with Crippen molar-refractivity contribution in [1.29, 1.82) is 0 Å². The Hall–Kier alpha value is -3.82. The molecule has 0 unspecified atom stereocenters. The third-order valence-electron chi connectivity index (χ3n) is 3.27. The maximum absolute atomic E-state index is 13.5. The summed E-state index contributed by atoms with van der Waals surface area (Å²) in [6.07, 6.45) is 1.33. The first-order valence-electron chi connectivity index (χ1n) is 7.79. The number of anilines is 1. The smallest absolute Gasteiger partial charge is 0.346 e. The molecule has 2 N–H and O–H groups in total. The zero-order valence-corrected chi connectivity index (χ0v) is 14.6. The number of urea groups is 1. The van der Waals surface area contributed by atoms with Crippen LogP contribution in [0, 0.1) is 11.6 Å². The van der Waals surface area contributed by atoms with Crippen molar-refractivity contribution in [2.45, 2.75) is 0 Å². The Labute approximate surface area is 158 Å². The number of methoxy groups -OCH3 is 1. The molecule has 0 heterocycles. The van der Waals surface area contributed by atoms with Crippen molar-refractivity contribution in [2.24, 2.45) is 5.16 Å². The van der Waals surface area contributed by atoms with Gasteiger partial charge in [-0.05, 0) is 29.8 Å². The molecule has 28 heavy (non-hydrogen) atoms. The standard InChI is InChI=1S/C18H15F2N3O5/c1-27-15(24)10-28-21-9-11-5-7-12(8-6-11)22-18(26)23-17(25)16-13(19)3-2-4-14(16)20/h2-9H,10H2,1H3,(H2,22,23,25,26)/b21-9+. The summed E-state index contributed by atoms with van der Waals surface area (Å²) < 4.78 is 31.4. The molecule has 0 radical (unpaired) electrons. The van der Waals surface area contributed by atoms with Gasteiger partial charge in [0, 0.05) is 5.69 Å². The first-order valence-corrected chi connectivity index (χ1v) is 7.79. The Balaban J connectivity index is 1.89. The van der Waals surface area contributed by atoms with E-state index >= 15 is 0 Å². The summed E-state index contributed by atoms with van der Waals surface area (Å²) in [4.78, 5) is 39.2. The van der Waals surface area contributed by atoms with Crippen LogP contribution in [0.15, 0.2) is 47.6 Å². The van der Waals surface area contributed by atoms with Gasteiger partial charge in [-0.15, -0.1) is 0 Å². The Kier molecular flexibility index (Phi) is 7.14. The van der Waals surface area contributed by atoms with Crippen molar-refractivity contribution in [2.75, 3.05) is 19.0 Å². The Morgan fingerprint density at radius 3 is 2.32 bits per heavy atom. The average molecular weight is 391 g/mol. The van der Waals surface area contributed by atoms with E-state index in [2.05, 4.69) is 15.2 Å². The first-order chi connectivity index (χ1) is 13.4. The maximum Gasteiger partial charge on any atom is 0.346 e. The molecule has 0 spiro atoms. The maximum atomic E-state index is 13.5. The van der Waals surface area contributed by atoms with E-state index in [1.54, 1.807) is 12.1 Å². The lowest BCUT2D eigenvalue weighted by Gasteiger charge is -2.08. The van der Waals surface area contributed by atoms with Crippen LogP contribution in [0.2, 0.25) is 0 Å². The van der Waals surface area contributed by atoms with Crippen LogP contribution in [-0.4, -0.2) is 37.8 Å². The third kappa shape index (κ3) is 5.87. The molecule has 2 aromatic carbocycles. The molecule has 0 atom stereocenters. The lowest BCUT2D eigenvalue weighted by atomic mass is 10.2. The summed E-state index contributed by atoms with van der Waals surface area (Å²) in [5, 5.41) is 7.75. The van der Waals surface area contributed by atoms with Gasteiger partial charge < -0.3 is 14.9 Å². The summed E-state index contributed by atoms with van der Waals surface area (Å²) in [5.41, 5.74) is 0.0587. The van der Waals surface area contributed by atoms with Gasteiger partial charge in [0.1, 0.15) is 17.2 Å². The van der Waals surface area contributed by atoms with Crippen LogP contribution < -0.4 is 10.6 Å². The minimum atomic E-state index is -1.21. The number of imide groups is 1. The van der Waals surface area contributed by atoms with Gasteiger partial charge >= 0.3 is 12.0 Å². The van der Waals surface area contributed by atoms with Crippen molar-refractivity contribution in [3.05, 3.63) is 65.2 Å². The number of oxime groups is 1. The molecule has 0 bridgehead atoms. The van der Waals surface area contributed by atoms with E-state index in [0.717, 1.165) is 18.2 Å². The number of halogens is 2. The highest BCUT2D eigenvalue weighted by Crippen LogP contribution is 2.12. The largest absolute Gasteiger partial charge is 0.466 e. The van der Waals surface area contributed by atoms with Crippen LogP contribution in [-0.2, 0) is 14.4 Å². The zero-order chi connectivity index (χ0) is 20.5. The van der Waals surface area contributed by atoms with Crippen LogP contribution in [0.5, 0.6) is 0 Å². The quantitative estimate of drug-likeness (QED) is 0.447. The molecular weight excluding hydrogens is 376 g/mol. The fourth-order valence-electron chi connectivity index (χ4n) is 1.94. The molecule has 146 valence electrons. The van der Waals surface area contributed by atoms with Gasteiger partial charge in [0.05, 0.1) is 13.3 Å². The van der Waals surface area contributed by atoms with Gasteiger partial charge in [-0.2, -0.15) is 0 Å². The molecule has 0 saturated carbocycles. The van der Waals surface area contributed by atoms with Gasteiger partial charge in [0.25, 0.3) is 5.91 Å². The second-order valence-corrected chi connectivity index (χ2v) is 5.21. The summed E-state index contributed by atoms with van der Waals surface area (Å²) in [6, 6.07) is 8.08. The molecule has 10 heteroatoms. The topological polar surface area (TPSA) is 106 Å². The fourth-order valence-corrected chi connectivity index (χ4v) is 1.94. The molecule has 0 fully saturated rings. The number of hydrogen-bond acceptors (Lipinski definition) is 6. The van der Waals surface area contributed by atoms with Crippen LogP contribution in [0.3, 0.4) is 0 Å². The molecule has 0 saturated heterocycles. The van der Waals surface area contributed by atoms with Gasteiger partial charge in [-0.3, -0.25) is 10.1 Å². The minimum Gasteiger partial charge on any atom is -0.466 e. The molecule has 2 rings (SSSR count). The molecule has 3 amide bonds. The van der Waals surface area contributed by atoms with E-state index in [9.17, 15) is 23.2 Å². The molecule has 8 nitrogen and oxygen atoms in total. The van der Waals surface area contributed by atoms with E-state index in [-0.39, 0.29) is 6.61 Å². The molecule has 0 aliphatic carbocycles. The lowest BCUT2D eigenvalue weighted by Crippen LogP contribution is -2.35. The SMILES string of the molecule is COC(=O)CO/N=C/c1ccc(NC(=O)NC(=O)c2c(F)cccc2F)cc1. The van der Waals surface area contributed by atoms with Gasteiger partial charge in [0.15, 0.2) is 0 Å². The highest BCUT2D eigenvalue weighted by molar-refractivity contribution is 6.08. The van der Waals surface area contributed by atoms with Crippen LogP contribution >= 0.6 is 0 Å². The van der Waals surface area contributed by atoms with Gasteiger partial charge in [-0.1, -0.05) is 23.4 Å². The number of nitrogens with one attached hydrogen (secondary N) is 2. The van der Waals surface area contributed by atoms with Crippen molar-refractivity contribution in [3.63, 3.8) is 0 Å². The number of hydrogen-bond donors (Lipinski definition) is 2. The molecular formula is C18H15F2N3O5. The fraction of sp³-hybridized carbons (Fsp3) is 0.111. The highest BCUT2D eigenvalue weighted by atomic mass is 19.1. The van der Waals surface area contributed by atoms with Gasteiger partial charge in [0.2, 0.25) is 6.61 Å². The second-order valence-electron chi connectivity index (χ2n) is 5.21. The van der Waals surface area contributed by atoms with Crippen molar-refractivity contribution in [3.8, 4) is 0 Å². The van der Waals surface area contributed by atoms with E-state index in [4.69, 9.17) is 4.84 Å². The predicted octanol–water partition coefficient (Wildman–Crippen LogP) is 2.45. The number of carbonyl (C=O) groups excluding carboxylic acids is 3. The summed E-state index contributed by atoms with van der Waals surface area (Å²) in [5.74, 6) is -3.95. The second kappa shape index (κ2) is 9.76. The predicted molar refractivity (Wildman–Crippen MR) is 94.8 cm³/mol. The van der Waals surface area contributed by atoms with E-state index in [1.807, 2.05) is 5.32 Å². The monoisotopic (exact) mass is 391 g/mol. The molecule has 0 aromatic heterocycles. The Bertz CT molecular complexity index is 880. The number of ether oxygens (including phenoxy) is 1. The number of benzene rings is 2. The Morgan fingerprint density at radius 2 is 1.71 bits per heavy atom. The van der Waals surface area contributed by atoms with Crippen molar-refractivity contribution in [1.82, 2.24) is 5.32 Å². The van der Waals surface area contributed by atoms with E-state index in [0.29, 0.717) is 11.3 Å².